The Kier molecular flexibility index (Phi) is 2.45. The van der Waals surface area contributed by atoms with Crippen LogP contribution in [0.3, 0.4) is 0 Å². The van der Waals surface area contributed by atoms with E-state index in [1.807, 2.05) is 12.1 Å². The van der Waals surface area contributed by atoms with Crippen LogP contribution in [0.1, 0.15) is 11.1 Å². The van der Waals surface area contributed by atoms with E-state index in [2.05, 4.69) is 15.0 Å². The summed E-state index contributed by atoms with van der Waals surface area (Å²) in [5.41, 5.74) is 6.69. The van der Waals surface area contributed by atoms with Crippen molar-refractivity contribution in [2.24, 2.45) is 0 Å². The minimum atomic E-state index is -0.202. The van der Waals surface area contributed by atoms with Gasteiger partial charge < -0.3 is 5.73 Å². The summed E-state index contributed by atoms with van der Waals surface area (Å²) in [4.78, 5) is 21.7. The molecule has 0 amide bonds. The molecule has 5 nitrogen and oxygen atoms in total. The van der Waals surface area contributed by atoms with E-state index >= 15 is 0 Å². The molecule has 0 saturated heterocycles. The molecule has 0 unspecified atom stereocenters. The number of hydrogen-bond donors (Lipinski definition) is 2. The van der Waals surface area contributed by atoms with Gasteiger partial charge in [0.1, 0.15) is 0 Å². The molecule has 2 aromatic heterocycles. The molecule has 0 aromatic carbocycles. The van der Waals surface area contributed by atoms with Gasteiger partial charge in [-0.25, -0.2) is 4.98 Å². The van der Waals surface area contributed by atoms with E-state index in [0.717, 1.165) is 5.56 Å². The van der Waals surface area contributed by atoms with E-state index in [1.54, 1.807) is 12.4 Å². The van der Waals surface area contributed by atoms with Crippen molar-refractivity contribution in [1.82, 2.24) is 15.0 Å². The van der Waals surface area contributed by atoms with Gasteiger partial charge in [-0.15, -0.1) is 0 Å². The van der Waals surface area contributed by atoms with E-state index in [1.165, 1.54) is 6.20 Å². The highest BCUT2D eigenvalue weighted by molar-refractivity contribution is 5.23. The standard InChI is InChI=1S/C10H10N4O/c11-10-13-6-8(9(15)14-10)4-7-2-1-3-12-5-7/h1-3,5-6H,4H2,(H3,11,13,14,15). The number of nitrogens with zero attached hydrogens (tertiary/aromatic N) is 2. The number of nitrogens with two attached hydrogens (primary N) is 1. The molecule has 5 heteroatoms. The molecular weight excluding hydrogens is 192 g/mol. The topological polar surface area (TPSA) is 84.7 Å². The Balaban J connectivity index is 2.29. The summed E-state index contributed by atoms with van der Waals surface area (Å²) < 4.78 is 0. The van der Waals surface area contributed by atoms with Gasteiger partial charge in [0.25, 0.3) is 5.56 Å². The van der Waals surface area contributed by atoms with Crippen LogP contribution in [0.15, 0.2) is 35.5 Å². The fourth-order valence-electron chi connectivity index (χ4n) is 1.28. The van der Waals surface area contributed by atoms with E-state index in [-0.39, 0.29) is 11.5 Å². The number of nitrogens with one attached hydrogen (secondary N) is 1. The number of nitrogen functional groups attached to an aromatic ring is 1. The lowest BCUT2D eigenvalue weighted by molar-refractivity contribution is 1.03. The normalized spacial score (nSPS) is 10.1. The molecule has 2 heterocycles. The monoisotopic (exact) mass is 202 g/mol. The van der Waals surface area contributed by atoms with Crippen LogP contribution in [-0.4, -0.2) is 15.0 Å². The van der Waals surface area contributed by atoms with E-state index in [9.17, 15) is 4.79 Å². The zero-order valence-electron chi connectivity index (χ0n) is 7.97. The molecule has 0 atom stereocenters. The Bertz CT molecular complexity index is 506. The van der Waals surface area contributed by atoms with Crippen molar-refractivity contribution in [3.63, 3.8) is 0 Å². The van der Waals surface area contributed by atoms with Gasteiger partial charge in [-0.2, -0.15) is 0 Å². The van der Waals surface area contributed by atoms with Gasteiger partial charge in [-0.05, 0) is 11.6 Å². The highest BCUT2D eigenvalue weighted by Crippen LogP contribution is 2.02. The first kappa shape index (κ1) is 9.39. The maximum Gasteiger partial charge on any atom is 0.255 e. The highest BCUT2D eigenvalue weighted by Gasteiger charge is 2.02. The Morgan fingerprint density at radius 1 is 1.40 bits per heavy atom. The zero-order chi connectivity index (χ0) is 10.7. The van der Waals surface area contributed by atoms with Crippen molar-refractivity contribution in [2.45, 2.75) is 6.42 Å². The quantitative estimate of drug-likeness (QED) is 0.735. The van der Waals surface area contributed by atoms with E-state index in [4.69, 9.17) is 5.73 Å². The Labute approximate surface area is 86.0 Å². The predicted molar refractivity (Wildman–Crippen MR) is 56.3 cm³/mol. The van der Waals surface area contributed by atoms with Crippen molar-refractivity contribution >= 4 is 5.95 Å². The van der Waals surface area contributed by atoms with Gasteiger partial charge in [0.2, 0.25) is 0 Å². The lowest BCUT2D eigenvalue weighted by Crippen LogP contribution is -2.15. The van der Waals surface area contributed by atoms with Crippen LogP contribution in [0.2, 0.25) is 0 Å². The molecule has 3 N–H and O–H groups in total. The second kappa shape index (κ2) is 3.91. The summed E-state index contributed by atoms with van der Waals surface area (Å²) >= 11 is 0. The summed E-state index contributed by atoms with van der Waals surface area (Å²) in [5.74, 6) is 0.134. The van der Waals surface area contributed by atoms with Crippen molar-refractivity contribution < 1.29 is 0 Å². The minimum Gasteiger partial charge on any atom is -0.369 e. The van der Waals surface area contributed by atoms with Crippen LogP contribution in [0.4, 0.5) is 5.95 Å². The van der Waals surface area contributed by atoms with Gasteiger partial charge in [0.15, 0.2) is 5.95 Å². The number of hydrogen-bond acceptors (Lipinski definition) is 4. The maximum atomic E-state index is 11.4. The Morgan fingerprint density at radius 3 is 2.93 bits per heavy atom. The summed E-state index contributed by atoms with van der Waals surface area (Å²) in [6, 6.07) is 3.73. The fourth-order valence-corrected chi connectivity index (χ4v) is 1.28. The number of aromatic amines is 1. The average Bonchev–Trinajstić information content (AvgIpc) is 2.24. The second-order valence-electron chi connectivity index (χ2n) is 3.16. The molecule has 0 spiro atoms. The largest absolute Gasteiger partial charge is 0.369 e. The molecular formula is C10H10N4O. The summed E-state index contributed by atoms with van der Waals surface area (Å²) in [7, 11) is 0. The van der Waals surface area contributed by atoms with Crippen LogP contribution in [0.25, 0.3) is 0 Å². The first-order valence-corrected chi connectivity index (χ1v) is 4.48. The molecule has 0 saturated carbocycles. The van der Waals surface area contributed by atoms with E-state index < -0.39 is 0 Å². The zero-order valence-corrected chi connectivity index (χ0v) is 7.97. The molecule has 0 bridgehead atoms. The minimum absolute atomic E-state index is 0.134. The maximum absolute atomic E-state index is 11.4. The Hall–Kier alpha value is -2.17. The molecule has 76 valence electrons. The van der Waals surface area contributed by atoms with Crippen molar-refractivity contribution in [3.05, 3.63) is 52.2 Å². The molecule has 15 heavy (non-hydrogen) atoms. The van der Waals surface area contributed by atoms with Crippen molar-refractivity contribution in [1.29, 1.82) is 0 Å². The lowest BCUT2D eigenvalue weighted by atomic mass is 10.1. The fraction of sp³-hybridized carbons (Fsp3) is 0.100. The third kappa shape index (κ3) is 2.19. The van der Waals surface area contributed by atoms with Gasteiger partial charge in [-0.1, -0.05) is 6.07 Å². The van der Waals surface area contributed by atoms with Crippen molar-refractivity contribution in [2.75, 3.05) is 5.73 Å². The van der Waals surface area contributed by atoms with Crippen LogP contribution in [0, 0.1) is 0 Å². The summed E-state index contributed by atoms with van der Waals surface area (Å²) in [6.07, 6.45) is 5.41. The second-order valence-corrected chi connectivity index (χ2v) is 3.16. The van der Waals surface area contributed by atoms with Gasteiger partial charge in [0, 0.05) is 30.6 Å². The number of anilines is 1. The smallest absolute Gasteiger partial charge is 0.255 e. The Morgan fingerprint density at radius 2 is 2.27 bits per heavy atom. The number of pyridine rings is 1. The third-order valence-corrected chi connectivity index (χ3v) is 2.01. The predicted octanol–water partition coefficient (Wildman–Crippen LogP) is 0.338. The van der Waals surface area contributed by atoms with Crippen LogP contribution in [-0.2, 0) is 6.42 Å². The van der Waals surface area contributed by atoms with Crippen LogP contribution in [0.5, 0.6) is 0 Å². The van der Waals surface area contributed by atoms with Crippen LogP contribution >= 0.6 is 0 Å². The molecule has 0 radical (unpaired) electrons. The number of aromatic nitrogens is 3. The number of H-pyrrole nitrogens is 1. The van der Waals surface area contributed by atoms with Gasteiger partial charge in [0.05, 0.1) is 0 Å². The average molecular weight is 202 g/mol. The molecule has 2 aromatic rings. The van der Waals surface area contributed by atoms with Crippen molar-refractivity contribution in [3.8, 4) is 0 Å². The molecule has 0 aliphatic heterocycles. The SMILES string of the molecule is Nc1ncc(Cc2cccnc2)c(=O)[nH]1. The molecule has 2 rings (SSSR count). The molecule has 0 aliphatic carbocycles. The molecule has 0 aliphatic rings. The van der Waals surface area contributed by atoms with Gasteiger partial charge in [-0.3, -0.25) is 14.8 Å². The van der Waals surface area contributed by atoms with Crippen LogP contribution < -0.4 is 11.3 Å². The number of rotatable bonds is 2. The first-order valence-electron chi connectivity index (χ1n) is 4.48. The highest BCUT2D eigenvalue weighted by atomic mass is 16.1. The molecule has 0 fully saturated rings. The lowest BCUT2D eigenvalue weighted by Gasteiger charge is -1.99. The van der Waals surface area contributed by atoms with E-state index in [0.29, 0.717) is 12.0 Å². The summed E-state index contributed by atoms with van der Waals surface area (Å²) in [6.45, 7) is 0. The summed E-state index contributed by atoms with van der Waals surface area (Å²) in [5, 5.41) is 0. The first-order chi connectivity index (χ1) is 7.25. The third-order valence-electron chi connectivity index (χ3n) is 2.01. The van der Waals surface area contributed by atoms with Gasteiger partial charge >= 0.3 is 0 Å².